The molecule has 4 heteroatoms. The number of hydrogen-bond donors (Lipinski definition) is 0. The van der Waals surface area contributed by atoms with Crippen LogP contribution in [0.25, 0.3) is 0 Å². The van der Waals surface area contributed by atoms with Crippen molar-refractivity contribution in [2.45, 2.75) is 70.5 Å². The lowest BCUT2D eigenvalue weighted by Crippen LogP contribution is -2.50. The fraction of sp³-hybridized carbons (Fsp3) is 0.727. The highest BCUT2D eigenvalue weighted by Gasteiger charge is 2.58. The quantitative estimate of drug-likeness (QED) is 0.524. The minimum absolute atomic E-state index is 0.0990. The van der Waals surface area contributed by atoms with E-state index in [9.17, 15) is 13.2 Å². The van der Waals surface area contributed by atoms with Gasteiger partial charge in [-0.15, -0.1) is 5.73 Å². The van der Waals surface area contributed by atoms with Crippen LogP contribution in [0.5, 0.6) is 0 Å². The van der Waals surface area contributed by atoms with Gasteiger partial charge in [0.2, 0.25) is 0 Å². The molecule has 0 heterocycles. The lowest BCUT2D eigenvalue weighted by atomic mass is 9.48. The van der Waals surface area contributed by atoms with Gasteiger partial charge in [0.15, 0.2) is 9.84 Å². The van der Waals surface area contributed by atoms with E-state index in [2.05, 4.69) is 32.2 Å². The second kappa shape index (κ2) is 5.94. The molecular formula is C22H30O3S. The average Bonchev–Trinajstić information content (AvgIpc) is 2.89. The second-order valence-corrected chi connectivity index (χ2v) is 11.5. The SMILES string of the molecule is C=C=CS(=O)(=O)[C@H]1CC[C@@]2(C)C(=CCC3C2CC[C@]2(C)C(=O)CCC32)C1. The molecule has 3 nitrogen and oxygen atoms in total. The number of Topliss-reactive ketones (excluding diaryl/α,β-unsaturated/α-hetero) is 1. The molecule has 0 aromatic carbocycles. The van der Waals surface area contributed by atoms with Crippen molar-refractivity contribution in [1.82, 2.24) is 0 Å². The van der Waals surface area contributed by atoms with E-state index in [1.54, 1.807) is 0 Å². The normalized spacial score (nSPS) is 45.0. The van der Waals surface area contributed by atoms with E-state index in [1.807, 2.05) is 0 Å². The molecule has 142 valence electrons. The molecular weight excluding hydrogens is 344 g/mol. The summed E-state index contributed by atoms with van der Waals surface area (Å²) in [4.78, 5) is 12.5. The summed E-state index contributed by atoms with van der Waals surface area (Å²) in [6, 6.07) is 0. The zero-order valence-electron chi connectivity index (χ0n) is 16.0. The Labute approximate surface area is 157 Å². The predicted octanol–water partition coefficient (Wildman–Crippen LogP) is 4.60. The number of allylic oxidation sites excluding steroid dienone is 2. The average molecular weight is 375 g/mol. The predicted molar refractivity (Wildman–Crippen MR) is 103 cm³/mol. The number of hydrogen-bond acceptors (Lipinski definition) is 3. The Hall–Kier alpha value is -1.12. The van der Waals surface area contributed by atoms with Crippen LogP contribution in [0.4, 0.5) is 0 Å². The molecule has 3 fully saturated rings. The molecule has 0 saturated heterocycles. The van der Waals surface area contributed by atoms with Crippen molar-refractivity contribution >= 4 is 15.6 Å². The summed E-state index contributed by atoms with van der Waals surface area (Å²) in [5, 5.41) is 0.831. The smallest absolute Gasteiger partial charge is 0.181 e. The molecule has 0 amide bonds. The van der Waals surface area contributed by atoms with Gasteiger partial charge in [-0.25, -0.2) is 8.42 Å². The van der Waals surface area contributed by atoms with Crippen LogP contribution in [0, 0.1) is 28.6 Å². The van der Waals surface area contributed by atoms with E-state index in [0.717, 1.165) is 50.4 Å². The van der Waals surface area contributed by atoms with Crippen LogP contribution in [0.1, 0.15) is 65.2 Å². The van der Waals surface area contributed by atoms with Gasteiger partial charge in [-0.05, 0) is 68.1 Å². The highest BCUT2D eigenvalue weighted by Crippen LogP contribution is 2.64. The Kier molecular flexibility index (Phi) is 4.17. The van der Waals surface area contributed by atoms with Gasteiger partial charge in [-0.2, -0.15) is 0 Å². The fourth-order valence-electron chi connectivity index (χ4n) is 6.89. The van der Waals surface area contributed by atoms with E-state index in [0.29, 0.717) is 30.0 Å². The van der Waals surface area contributed by atoms with Crippen LogP contribution in [-0.2, 0) is 14.6 Å². The third kappa shape index (κ3) is 2.45. The Morgan fingerprint density at radius 3 is 2.58 bits per heavy atom. The third-order valence-electron chi connectivity index (χ3n) is 8.48. The first-order chi connectivity index (χ1) is 12.2. The molecule has 3 saturated carbocycles. The number of carbonyl (C=O) groups excluding carboxylic acids is 1. The van der Waals surface area contributed by atoms with Gasteiger partial charge >= 0.3 is 0 Å². The Morgan fingerprint density at radius 2 is 1.85 bits per heavy atom. The van der Waals surface area contributed by atoms with Crippen molar-refractivity contribution in [2.24, 2.45) is 28.6 Å². The molecule has 6 atom stereocenters. The van der Waals surface area contributed by atoms with Gasteiger partial charge < -0.3 is 0 Å². The van der Waals surface area contributed by atoms with Gasteiger partial charge in [0.05, 0.1) is 10.7 Å². The van der Waals surface area contributed by atoms with Crippen LogP contribution in [-0.4, -0.2) is 19.5 Å². The summed E-state index contributed by atoms with van der Waals surface area (Å²) in [5.41, 5.74) is 3.81. The van der Waals surface area contributed by atoms with Gasteiger partial charge in [-0.3, -0.25) is 4.79 Å². The van der Waals surface area contributed by atoms with Gasteiger partial charge in [0, 0.05) is 11.8 Å². The third-order valence-corrected chi connectivity index (χ3v) is 10.3. The molecule has 0 aromatic heterocycles. The van der Waals surface area contributed by atoms with E-state index in [1.165, 1.54) is 5.57 Å². The number of sulfone groups is 1. The molecule has 3 unspecified atom stereocenters. The molecule has 0 bridgehead atoms. The largest absolute Gasteiger partial charge is 0.299 e. The number of carbonyl (C=O) groups is 1. The first-order valence-corrected chi connectivity index (χ1v) is 11.7. The maximum absolute atomic E-state index is 12.5. The Balaban J connectivity index is 1.64. The number of fused-ring (bicyclic) bond motifs is 5. The summed E-state index contributed by atoms with van der Waals surface area (Å²) in [7, 11) is -3.26. The first kappa shape index (κ1) is 18.3. The van der Waals surface area contributed by atoms with Crippen LogP contribution in [0.2, 0.25) is 0 Å². The fourth-order valence-corrected chi connectivity index (χ4v) is 8.17. The standard InChI is InChI=1S/C22H30O3S/c1-4-13-26(24,25)16-9-11-21(2)15(14-16)5-6-17-18-7-8-20(23)22(18,3)12-10-19(17)21/h5,13,16-19H,1,6-12,14H2,2-3H3/t16-,17?,18?,19?,21-,22-/m0/s1. The molecule has 26 heavy (non-hydrogen) atoms. The lowest BCUT2D eigenvalue weighted by molar-refractivity contribution is -0.131. The minimum atomic E-state index is -3.26. The van der Waals surface area contributed by atoms with Crippen LogP contribution < -0.4 is 0 Å². The highest BCUT2D eigenvalue weighted by molar-refractivity contribution is 7.94. The van der Waals surface area contributed by atoms with Gasteiger partial charge in [0.1, 0.15) is 5.78 Å². The van der Waals surface area contributed by atoms with Gasteiger partial charge in [0.25, 0.3) is 0 Å². The molecule has 4 rings (SSSR count). The summed E-state index contributed by atoms with van der Waals surface area (Å²) in [6.45, 7) is 8.00. The van der Waals surface area contributed by atoms with Gasteiger partial charge in [-0.1, -0.05) is 32.1 Å². The molecule has 4 aliphatic rings. The highest BCUT2D eigenvalue weighted by atomic mass is 32.2. The van der Waals surface area contributed by atoms with Crippen molar-refractivity contribution in [3.8, 4) is 0 Å². The zero-order chi connectivity index (χ0) is 18.7. The summed E-state index contributed by atoms with van der Waals surface area (Å²) in [6.07, 6.45) is 9.61. The summed E-state index contributed by atoms with van der Waals surface area (Å²) in [5.74, 6) is 2.20. The second-order valence-electron chi connectivity index (χ2n) is 9.45. The first-order valence-electron chi connectivity index (χ1n) is 10.0. The Bertz CT molecular complexity index is 816. The topological polar surface area (TPSA) is 51.2 Å². The molecule has 0 aromatic rings. The minimum Gasteiger partial charge on any atom is -0.299 e. The molecule has 4 aliphatic carbocycles. The zero-order valence-corrected chi connectivity index (χ0v) is 16.8. The van der Waals surface area contributed by atoms with Crippen molar-refractivity contribution < 1.29 is 13.2 Å². The van der Waals surface area contributed by atoms with Crippen LogP contribution in [0.15, 0.2) is 29.4 Å². The molecule has 0 radical (unpaired) electrons. The van der Waals surface area contributed by atoms with Crippen molar-refractivity contribution in [1.29, 1.82) is 0 Å². The van der Waals surface area contributed by atoms with Crippen LogP contribution >= 0.6 is 0 Å². The van der Waals surface area contributed by atoms with E-state index < -0.39 is 9.84 Å². The molecule has 0 N–H and O–H groups in total. The monoisotopic (exact) mass is 374 g/mol. The lowest BCUT2D eigenvalue weighted by Gasteiger charge is -2.56. The maximum atomic E-state index is 12.5. The van der Waals surface area contributed by atoms with Crippen molar-refractivity contribution in [2.75, 3.05) is 0 Å². The van der Waals surface area contributed by atoms with E-state index >= 15 is 0 Å². The molecule has 0 aliphatic heterocycles. The Morgan fingerprint density at radius 1 is 1.15 bits per heavy atom. The van der Waals surface area contributed by atoms with E-state index in [4.69, 9.17) is 0 Å². The summed E-state index contributed by atoms with van der Waals surface area (Å²) >= 11 is 0. The van der Waals surface area contributed by atoms with E-state index in [-0.39, 0.29) is 16.1 Å². The number of rotatable bonds is 2. The summed E-state index contributed by atoms with van der Waals surface area (Å²) < 4.78 is 24.9. The van der Waals surface area contributed by atoms with Crippen molar-refractivity contribution in [3.63, 3.8) is 0 Å². The molecule has 0 spiro atoms. The maximum Gasteiger partial charge on any atom is 0.181 e. The van der Waals surface area contributed by atoms with Crippen LogP contribution in [0.3, 0.4) is 0 Å². The number of ketones is 1. The van der Waals surface area contributed by atoms with Crippen molar-refractivity contribution in [3.05, 3.63) is 29.4 Å².